The molecule has 1 fully saturated rings. The van der Waals surface area contributed by atoms with E-state index in [1.165, 1.54) is 6.42 Å². The largest absolute Gasteiger partial charge is 0.481 e. The number of rotatable bonds is 3. The maximum absolute atomic E-state index is 12.3. The van der Waals surface area contributed by atoms with Crippen LogP contribution < -0.4 is 4.74 Å². The summed E-state index contributed by atoms with van der Waals surface area (Å²) in [5.74, 6) is 0.629. The third-order valence-electron chi connectivity index (χ3n) is 4.15. The van der Waals surface area contributed by atoms with Crippen LogP contribution in [0, 0.1) is 0 Å². The predicted octanol–water partition coefficient (Wildman–Crippen LogP) is 3.67. The molecule has 0 N–H and O–H groups in total. The number of aromatic nitrogens is 1. The molecule has 5 heteroatoms. The summed E-state index contributed by atoms with van der Waals surface area (Å²) in [5, 5.41) is 1.46. The van der Waals surface area contributed by atoms with E-state index >= 15 is 0 Å². The van der Waals surface area contributed by atoms with Gasteiger partial charge in [0.1, 0.15) is 11.3 Å². The lowest BCUT2D eigenvalue weighted by Gasteiger charge is -2.33. The first-order valence-electron chi connectivity index (χ1n) is 7.62. The molecule has 116 valence electrons. The summed E-state index contributed by atoms with van der Waals surface area (Å²) in [6, 6.07) is 7.56. The first-order valence-corrected chi connectivity index (χ1v) is 8.00. The minimum absolute atomic E-state index is 0.0335. The van der Waals surface area contributed by atoms with Gasteiger partial charge in [-0.1, -0.05) is 11.6 Å². The van der Waals surface area contributed by atoms with Crippen molar-refractivity contribution in [3.05, 3.63) is 35.5 Å². The number of hydrogen-bond donors (Lipinski definition) is 0. The second-order valence-corrected chi connectivity index (χ2v) is 6.07. The van der Waals surface area contributed by atoms with E-state index < -0.39 is 0 Å². The Bertz CT molecular complexity index is 689. The minimum Gasteiger partial charge on any atom is -0.481 e. The van der Waals surface area contributed by atoms with Crippen molar-refractivity contribution in [1.82, 2.24) is 9.88 Å². The third kappa shape index (κ3) is 3.02. The van der Waals surface area contributed by atoms with Crippen LogP contribution in [0.3, 0.4) is 0 Å². The molecule has 1 aromatic heterocycles. The van der Waals surface area contributed by atoms with E-state index in [-0.39, 0.29) is 12.5 Å². The van der Waals surface area contributed by atoms with Crippen LogP contribution in [-0.4, -0.2) is 35.0 Å². The standard InChI is InChI=1S/C17H19ClN2O2/c1-12-5-2-3-10-20(12)16(21)11-22-15-8-7-14(18)13-6-4-9-19-17(13)15/h4,6-9,12H,2-3,5,10-11H2,1H3/t12-/m1/s1. The highest BCUT2D eigenvalue weighted by Gasteiger charge is 2.23. The van der Waals surface area contributed by atoms with E-state index in [9.17, 15) is 4.79 Å². The number of fused-ring (bicyclic) bond motifs is 1. The van der Waals surface area contributed by atoms with Crippen molar-refractivity contribution < 1.29 is 9.53 Å². The molecule has 0 spiro atoms. The Hall–Kier alpha value is -1.81. The molecule has 0 aliphatic carbocycles. The van der Waals surface area contributed by atoms with Crippen LogP contribution in [0.25, 0.3) is 10.9 Å². The zero-order chi connectivity index (χ0) is 15.5. The Morgan fingerprint density at radius 3 is 3.09 bits per heavy atom. The zero-order valence-electron chi connectivity index (χ0n) is 12.6. The molecule has 1 atom stereocenters. The van der Waals surface area contributed by atoms with Crippen molar-refractivity contribution in [2.75, 3.05) is 13.2 Å². The molecule has 1 amide bonds. The molecule has 1 aliphatic heterocycles. The number of hydrogen-bond acceptors (Lipinski definition) is 3. The molecule has 1 aliphatic rings. The van der Waals surface area contributed by atoms with Crippen LogP contribution >= 0.6 is 11.6 Å². The van der Waals surface area contributed by atoms with Crippen molar-refractivity contribution in [2.24, 2.45) is 0 Å². The van der Waals surface area contributed by atoms with Crippen molar-refractivity contribution in [3.63, 3.8) is 0 Å². The number of piperidine rings is 1. The topological polar surface area (TPSA) is 42.4 Å². The average Bonchev–Trinajstić information content (AvgIpc) is 2.55. The van der Waals surface area contributed by atoms with E-state index in [0.717, 1.165) is 24.8 Å². The monoisotopic (exact) mass is 318 g/mol. The van der Waals surface area contributed by atoms with Gasteiger partial charge in [-0.25, -0.2) is 0 Å². The number of nitrogens with zero attached hydrogens (tertiary/aromatic N) is 2. The number of halogens is 1. The molecule has 0 saturated carbocycles. The molecule has 1 saturated heterocycles. The van der Waals surface area contributed by atoms with Gasteiger partial charge in [-0.3, -0.25) is 9.78 Å². The van der Waals surface area contributed by atoms with Crippen LogP contribution in [0.5, 0.6) is 5.75 Å². The predicted molar refractivity (Wildman–Crippen MR) is 87.3 cm³/mol. The summed E-state index contributed by atoms with van der Waals surface area (Å²) in [6.45, 7) is 2.96. The van der Waals surface area contributed by atoms with Crippen molar-refractivity contribution in [2.45, 2.75) is 32.2 Å². The zero-order valence-corrected chi connectivity index (χ0v) is 13.3. The number of carbonyl (C=O) groups excluding carboxylic acids is 1. The Kier molecular flexibility index (Phi) is 4.48. The second-order valence-electron chi connectivity index (χ2n) is 5.67. The van der Waals surface area contributed by atoms with E-state index in [4.69, 9.17) is 16.3 Å². The van der Waals surface area contributed by atoms with Gasteiger partial charge < -0.3 is 9.64 Å². The highest BCUT2D eigenvalue weighted by molar-refractivity contribution is 6.35. The summed E-state index contributed by atoms with van der Waals surface area (Å²) < 4.78 is 5.73. The number of carbonyl (C=O) groups is 1. The summed E-state index contributed by atoms with van der Waals surface area (Å²) in [4.78, 5) is 18.6. The van der Waals surface area contributed by atoms with E-state index in [2.05, 4.69) is 11.9 Å². The quantitative estimate of drug-likeness (QED) is 0.867. The van der Waals surface area contributed by atoms with Gasteiger partial charge in [-0.2, -0.15) is 0 Å². The Morgan fingerprint density at radius 1 is 1.41 bits per heavy atom. The van der Waals surface area contributed by atoms with Gasteiger partial charge in [0.15, 0.2) is 6.61 Å². The lowest BCUT2D eigenvalue weighted by atomic mass is 10.0. The van der Waals surface area contributed by atoms with Gasteiger partial charge in [0.05, 0.1) is 5.02 Å². The summed E-state index contributed by atoms with van der Waals surface area (Å²) >= 11 is 6.16. The Morgan fingerprint density at radius 2 is 2.27 bits per heavy atom. The van der Waals surface area contributed by atoms with Gasteiger partial charge >= 0.3 is 0 Å². The second kappa shape index (κ2) is 6.53. The van der Waals surface area contributed by atoms with Crippen LogP contribution in [0.2, 0.25) is 5.02 Å². The molecule has 22 heavy (non-hydrogen) atoms. The Balaban J connectivity index is 1.74. The third-order valence-corrected chi connectivity index (χ3v) is 4.48. The number of benzene rings is 1. The SMILES string of the molecule is C[C@@H]1CCCCN1C(=O)COc1ccc(Cl)c2cccnc12. The fourth-order valence-corrected chi connectivity index (χ4v) is 3.13. The summed E-state index contributed by atoms with van der Waals surface area (Å²) in [6.07, 6.45) is 5.02. The molecule has 4 nitrogen and oxygen atoms in total. The van der Waals surface area contributed by atoms with Gasteiger partial charge in [-0.15, -0.1) is 0 Å². The highest BCUT2D eigenvalue weighted by Crippen LogP contribution is 2.29. The van der Waals surface area contributed by atoms with E-state index in [1.54, 1.807) is 18.3 Å². The molecule has 0 unspecified atom stereocenters. The van der Waals surface area contributed by atoms with Gasteiger partial charge in [0.25, 0.3) is 5.91 Å². The molecule has 2 aromatic rings. The number of pyridine rings is 1. The maximum atomic E-state index is 12.3. The lowest BCUT2D eigenvalue weighted by Crippen LogP contribution is -2.44. The molecule has 0 radical (unpaired) electrons. The fraction of sp³-hybridized carbons (Fsp3) is 0.412. The fourth-order valence-electron chi connectivity index (χ4n) is 2.92. The molecule has 1 aromatic carbocycles. The van der Waals surface area contributed by atoms with Gasteiger partial charge in [0.2, 0.25) is 0 Å². The van der Waals surface area contributed by atoms with Crippen molar-refractivity contribution in [3.8, 4) is 5.75 Å². The van der Waals surface area contributed by atoms with Crippen LogP contribution in [0.1, 0.15) is 26.2 Å². The van der Waals surface area contributed by atoms with E-state index in [0.29, 0.717) is 22.3 Å². The number of likely N-dealkylation sites (tertiary alicyclic amines) is 1. The van der Waals surface area contributed by atoms with E-state index in [1.807, 2.05) is 17.0 Å². The molecule has 3 rings (SSSR count). The smallest absolute Gasteiger partial charge is 0.260 e. The maximum Gasteiger partial charge on any atom is 0.260 e. The van der Waals surface area contributed by atoms with Gasteiger partial charge in [0, 0.05) is 24.2 Å². The number of amides is 1. The van der Waals surface area contributed by atoms with Crippen LogP contribution in [0.4, 0.5) is 0 Å². The highest BCUT2D eigenvalue weighted by atomic mass is 35.5. The Labute approximate surface area is 135 Å². The summed E-state index contributed by atoms with van der Waals surface area (Å²) in [7, 11) is 0. The lowest BCUT2D eigenvalue weighted by molar-refractivity contribution is -0.136. The molecule has 2 heterocycles. The summed E-state index contributed by atoms with van der Waals surface area (Å²) in [5.41, 5.74) is 0.689. The van der Waals surface area contributed by atoms with Crippen LogP contribution in [0.15, 0.2) is 30.5 Å². The first kappa shape index (κ1) is 15.1. The molecular weight excluding hydrogens is 300 g/mol. The first-order chi connectivity index (χ1) is 10.7. The molecule has 0 bridgehead atoms. The van der Waals surface area contributed by atoms with Crippen molar-refractivity contribution in [1.29, 1.82) is 0 Å². The minimum atomic E-state index is 0.0335. The van der Waals surface area contributed by atoms with Gasteiger partial charge in [-0.05, 0) is 50.5 Å². The van der Waals surface area contributed by atoms with Crippen molar-refractivity contribution >= 4 is 28.4 Å². The average molecular weight is 319 g/mol. The number of ether oxygens (including phenoxy) is 1. The molecular formula is C17H19ClN2O2. The van der Waals surface area contributed by atoms with Crippen LogP contribution in [-0.2, 0) is 4.79 Å². The normalized spacial score (nSPS) is 18.5.